The van der Waals surface area contributed by atoms with Gasteiger partial charge in [-0.25, -0.2) is 9.97 Å². The molecule has 2 rings (SSSR count). The van der Waals surface area contributed by atoms with Gasteiger partial charge < -0.3 is 10.2 Å². The van der Waals surface area contributed by atoms with Crippen molar-refractivity contribution in [3.63, 3.8) is 0 Å². The topological polar surface area (TPSA) is 41.1 Å². The van der Waals surface area contributed by atoms with Crippen LogP contribution in [0.4, 0.5) is 5.82 Å². The molecule has 0 radical (unpaired) electrons. The molecule has 0 saturated carbocycles. The fraction of sp³-hybridized carbons (Fsp3) is 0.714. The highest BCUT2D eigenvalue weighted by Crippen LogP contribution is 2.22. The molecular weight excluding hydrogens is 260 g/mol. The van der Waals surface area contributed by atoms with Gasteiger partial charge in [-0.3, -0.25) is 0 Å². The third-order valence-corrected chi connectivity index (χ3v) is 4.18. The Morgan fingerprint density at radius 3 is 2.89 bits per heavy atom. The van der Waals surface area contributed by atoms with Gasteiger partial charge in [0.25, 0.3) is 0 Å². The number of anilines is 1. The number of likely N-dealkylation sites (tertiary alicyclic amines) is 1. The van der Waals surface area contributed by atoms with Gasteiger partial charge in [0.15, 0.2) is 0 Å². The molecule has 1 aromatic rings. The molecule has 106 valence electrons. The molecule has 0 aliphatic carbocycles. The Morgan fingerprint density at radius 2 is 2.26 bits per heavy atom. The van der Waals surface area contributed by atoms with Gasteiger partial charge in [0.05, 0.1) is 0 Å². The molecule has 2 heterocycles. The van der Waals surface area contributed by atoms with Crippen LogP contribution in [0.5, 0.6) is 0 Å². The summed E-state index contributed by atoms with van der Waals surface area (Å²) >= 11 is 6.09. The minimum absolute atomic E-state index is 0.565. The number of nitrogens with one attached hydrogen (secondary N) is 1. The quantitative estimate of drug-likeness (QED) is 0.843. The molecule has 1 unspecified atom stereocenters. The summed E-state index contributed by atoms with van der Waals surface area (Å²) in [6.45, 7) is 9.93. The minimum Gasteiger partial charge on any atom is -0.369 e. The predicted molar refractivity (Wildman–Crippen MR) is 79.7 cm³/mol. The SMILES string of the molecule is CCc1c(Cl)ncnc1NCC1CCN(C(C)C)C1. The monoisotopic (exact) mass is 282 g/mol. The van der Waals surface area contributed by atoms with Crippen molar-refractivity contribution in [1.82, 2.24) is 14.9 Å². The fourth-order valence-corrected chi connectivity index (χ4v) is 2.86. The van der Waals surface area contributed by atoms with Crippen molar-refractivity contribution in [2.24, 2.45) is 5.92 Å². The van der Waals surface area contributed by atoms with Crippen LogP contribution in [-0.2, 0) is 6.42 Å². The Labute approximate surface area is 120 Å². The average molecular weight is 283 g/mol. The van der Waals surface area contributed by atoms with E-state index >= 15 is 0 Å². The van der Waals surface area contributed by atoms with Crippen molar-refractivity contribution in [2.45, 2.75) is 39.7 Å². The van der Waals surface area contributed by atoms with Crippen molar-refractivity contribution in [3.8, 4) is 0 Å². The lowest BCUT2D eigenvalue weighted by molar-refractivity contribution is 0.266. The van der Waals surface area contributed by atoms with E-state index in [-0.39, 0.29) is 0 Å². The van der Waals surface area contributed by atoms with Gasteiger partial charge in [0.2, 0.25) is 0 Å². The van der Waals surface area contributed by atoms with E-state index in [1.807, 2.05) is 0 Å². The van der Waals surface area contributed by atoms with Crippen LogP contribution in [-0.4, -0.2) is 40.5 Å². The molecule has 1 fully saturated rings. The Hall–Kier alpha value is -0.870. The summed E-state index contributed by atoms with van der Waals surface area (Å²) in [6, 6.07) is 0.643. The standard InChI is InChI=1S/C14H23ClN4/c1-4-12-13(15)17-9-18-14(12)16-7-11-5-6-19(8-11)10(2)3/h9-11H,4-8H2,1-3H3,(H,16,17,18). The summed E-state index contributed by atoms with van der Waals surface area (Å²) in [7, 11) is 0. The zero-order valence-corrected chi connectivity index (χ0v) is 12.7. The summed E-state index contributed by atoms with van der Waals surface area (Å²) in [5.74, 6) is 1.59. The molecule has 1 saturated heterocycles. The Balaban J connectivity index is 1.91. The molecule has 1 N–H and O–H groups in total. The van der Waals surface area contributed by atoms with Crippen LogP contribution in [0.1, 0.15) is 32.8 Å². The summed E-state index contributed by atoms with van der Waals surface area (Å²) < 4.78 is 0. The molecule has 19 heavy (non-hydrogen) atoms. The van der Waals surface area contributed by atoms with E-state index in [1.165, 1.54) is 25.8 Å². The number of halogens is 1. The molecule has 0 aromatic carbocycles. The number of rotatable bonds is 5. The van der Waals surface area contributed by atoms with Crippen molar-refractivity contribution in [2.75, 3.05) is 25.0 Å². The van der Waals surface area contributed by atoms with E-state index in [1.54, 1.807) is 0 Å². The molecule has 4 nitrogen and oxygen atoms in total. The van der Waals surface area contributed by atoms with E-state index in [9.17, 15) is 0 Å². The van der Waals surface area contributed by atoms with Crippen LogP contribution in [0.2, 0.25) is 5.15 Å². The van der Waals surface area contributed by atoms with Gasteiger partial charge in [0, 0.05) is 24.7 Å². The Kier molecular flexibility index (Phi) is 4.99. The van der Waals surface area contributed by atoms with Gasteiger partial charge in [-0.05, 0) is 39.2 Å². The second-order valence-electron chi connectivity index (χ2n) is 5.47. The van der Waals surface area contributed by atoms with E-state index in [0.717, 1.165) is 24.3 Å². The fourth-order valence-electron chi connectivity index (χ4n) is 2.60. The second-order valence-corrected chi connectivity index (χ2v) is 5.83. The van der Waals surface area contributed by atoms with Crippen LogP contribution < -0.4 is 5.32 Å². The van der Waals surface area contributed by atoms with E-state index in [4.69, 9.17) is 11.6 Å². The zero-order valence-electron chi connectivity index (χ0n) is 12.0. The first-order valence-electron chi connectivity index (χ1n) is 7.09. The molecule has 0 spiro atoms. The maximum Gasteiger partial charge on any atom is 0.137 e. The third kappa shape index (κ3) is 3.57. The highest BCUT2D eigenvalue weighted by molar-refractivity contribution is 6.30. The largest absolute Gasteiger partial charge is 0.369 e. The van der Waals surface area contributed by atoms with Crippen molar-refractivity contribution >= 4 is 17.4 Å². The first kappa shape index (κ1) is 14.5. The first-order chi connectivity index (χ1) is 9.11. The maximum atomic E-state index is 6.09. The highest BCUT2D eigenvalue weighted by atomic mass is 35.5. The first-order valence-corrected chi connectivity index (χ1v) is 7.46. The maximum absolute atomic E-state index is 6.09. The zero-order chi connectivity index (χ0) is 13.8. The predicted octanol–water partition coefficient (Wildman–Crippen LogP) is 2.83. The van der Waals surface area contributed by atoms with E-state index in [2.05, 4.69) is 41.0 Å². The van der Waals surface area contributed by atoms with Crippen molar-refractivity contribution in [1.29, 1.82) is 0 Å². The summed E-state index contributed by atoms with van der Waals surface area (Å²) in [5, 5.41) is 4.01. The number of aromatic nitrogens is 2. The summed E-state index contributed by atoms with van der Waals surface area (Å²) in [5.41, 5.74) is 1.02. The molecule has 0 amide bonds. The van der Waals surface area contributed by atoms with Crippen molar-refractivity contribution in [3.05, 3.63) is 17.0 Å². The van der Waals surface area contributed by atoms with E-state index < -0.39 is 0 Å². The number of hydrogen-bond donors (Lipinski definition) is 1. The van der Waals surface area contributed by atoms with Gasteiger partial charge >= 0.3 is 0 Å². The molecule has 1 aliphatic heterocycles. The molecule has 5 heteroatoms. The molecule has 0 bridgehead atoms. The molecule has 1 aromatic heterocycles. The normalized spacial score (nSPS) is 20.2. The molecular formula is C14H23ClN4. The summed E-state index contributed by atoms with van der Waals surface area (Å²) in [4.78, 5) is 10.9. The average Bonchev–Trinajstić information content (AvgIpc) is 2.85. The van der Waals surface area contributed by atoms with Gasteiger partial charge in [-0.15, -0.1) is 0 Å². The number of hydrogen-bond acceptors (Lipinski definition) is 4. The van der Waals surface area contributed by atoms with Gasteiger partial charge in [-0.2, -0.15) is 0 Å². The van der Waals surface area contributed by atoms with Crippen LogP contribution in [0.25, 0.3) is 0 Å². The van der Waals surface area contributed by atoms with Crippen LogP contribution in [0.15, 0.2) is 6.33 Å². The Bertz CT molecular complexity index is 422. The lowest BCUT2D eigenvalue weighted by atomic mass is 10.1. The van der Waals surface area contributed by atoms with Gasteiger partial charge in [-0.1, -0.05) is 18.5 Å². The second kappa shape index (κ2) is 6.53. The Morgan fingerprint density at radius 1 is 1.47 bits per heavy atom. The minimum atomic E-state index is 0.565. The van der Waals surface area contributed by atoms with Gasteiger partial charge in [0.1, 0.15) is 17.3 Å². The van der Waals surface area contributed by atoms with E-state index in [0.29, 0.717) is 17.1 Å². The lowest BCUT2D eigenvalue weighted by Crippen LogP contribution is -2.29. The highest BCUT2D eigenvalue weighted by Gasteiger charge is 2.24. The lowest BCUT2D eigenvalue weighted by Gasteiger charge is -2.20. The van der Waals surface area contributed by atoms with Crippen molar-refractivity contribution < 1.29 is 0 Å². The third-order valence-electron chi connectivity index (χ3n) is 3.85. The van der Waals surface area contributed by atoms with Crippen LogP contribution >= 0.6 is 11.6 Å². The van der Waals surface area contributed by atoms with Crippen LogP contribution in [0.3, 0.4) is 0 Å². The molecule has 1 aliphatic rings. The smallest absolute Gasteiger partial charge is 0.137 e. The summed E-state index contributed by atoms with van der Waals surface area (Å²) in [6.07, 6.45) is 3.63. The van der Waals surface area contributed by atoms with Crippen LogP contribution in [0, 0.1) is 5.92 Å². The number of nitrogens with zero attached hydrogens (tertiary/aromatic N) is 3. The molecule has 1 atom stereocenters.